The minimum Gasteiger partial charge on any atom is -0.389 e. The summed E-state index contributed by atoms with van der Waals surface area (Å²) in [6.45, 7) is 2.35. The third-order valence-corrected chi connectivity index (χ3v) is 3.06. The van der Waals surface area contributed by atoms with Crippen LogP contribution in [0.25, 0.3) is 0 Å². The Morgan fingerprint density at radius 1 is 1.25 bits per heavy atom. The zero-order valence-electron chi connectivity index (χ0n) is 11.1. The molecule has 20 heavy (non-hydrogen) atoms. The molecule has 3 N–H and O–H groups in total. The highest BCUT2D eigenvalue weighted by atomic mass is 32.1. The second kappa shape index (κ2) is 6.25. The molecule has 0 saturated heterocycles. The number of thiocarbonyl (C=S) groups is 1. The first-order valence-electron chi connectivity index (χ1n) is 6.15. The van der Waals surface area contributed by atoms with Crippen LogP contribution in [0.4, 0.5) is 0 Å². The zero-order valence-corrected chi connectivity index (χ0v) is 11.9. The Morgan fingerprint density at radius 2 is 1.95 bits per heavy atom. The van der Waals surface area contributed by atoms with Crippen LogP contribution in [0.2, 0.25) is 0 Å². The topological polar surface area (TPSA) is 68.0 Å². The normalized spacial score (nSPS) is 10.1. The van der Waals surface area contributed by atoms with E-state index in [-0.39, 0.29) is 5.91 Å². The van der Waals surface area contributed by atoms with Gasteiger partial charge in [-0.2, -0.15) is 0 Å². The first-order chi connectivity index (χ1) is 9.56. The monoisotopic (exact) mass is 285 g/mol. The highest BCUT2D eigenvalue weighted by Gasteiger charge is 2.05. The highest BCUT2D eigenvalue weighted by Crippen LogP contribution is 2.05. The number of rotatable bonds is 4. The molecule has 0 fully saturated rings. The summed E-state index contributed by atoms with van der Waals surface area (Å²) in [7, 11) is 0. The Balaban J connectivity index is 1.98. The quantitative estimate of drug-likeness (QED) is 0.843. The van der Waals surface area contributed by atoms with Crippen LogP contribution in [0.1, 0.15) is 27.0 Å². The fourth-order valence-corrected chi connectivity index (χ4v) is 1.89. The van der Waals surface area contributed by atoms with Crippen LogP contribution in [-0.4, -0.2) is 15.9 Å². The van der Waals surface area contributed by atoms with Crippen molar-refractivity contribution in [3.63, 3.8) is 0 Å². The molecule has 0 atom stereocenters. The summed E-state index contributed by atoms with van der Waals surface area (Å²) in [6, 6.07) is 9.28. The summed E-state index contributed by atoms with van der Waals surface area (Å²) in [5.41, 5.74) is 8.85. The van der Waals surface area contributed by atoms with E-state index in [1.165, 1.54) is 0 Å². The number of nitrogens with two attached hydrogens (primary N) is 1. The molecule has 0 saturated carbocycles. The minimum atomic E-state index is -0.139. The molecule has 1 aromatic carbocycles. The van der Waals surface area contributed by atoms with Crippen molar-refractivity contribution >= 4 is 23.1 Å². The summed E-state index contributed by atoms with van der Waals surface area (Å²) in [6.07, 6.45) is 3.27. The summed E-state index contributed by atoms with van der Waals surface area (Å²) < 4.78 is 0. The van der Waals surface area contributed by atoms with Crippen molar-refractivity contribution in [3.8, 4) is 0 Å². The van der Waals surface area contributed by atoms with Gasteiger partial charge >= 0.3 is 0 Å². The number of aromatic nitrogens is 1. The van der Waals surface area contributed by atoms with E-state index in [2.05, 4.69) is 10.3 Å². The number of amides is 1. The molecule has 5 heteroatoms. The van der Waals surface area contributed by atoms with E-state index in [4.69, 9.17) is 18.0 Å². The lowest BCUT2D eigenvalue weighted by molar-refractivity contribution is 0.0950. The summed E-state index contributed by atoms with van der Waals surface area (Å²) in [5.74, 6) is -0.139. The molecule has 1 heterocycles. The molecular weight excluding hydrogens is 270 g/mol. The van der Waals surface area contributed by atoms with Crippen molar-refractivity contribution in [2.75, 3.05) is 0 Å². The number of pyridine rings is 1. The number of carbonyl (C=O) groups is 1. The molecule has 0 bridgehead atoms. The molecule has 2 aromatic rings. The predicted octanol–water partition coefficient (Wildman–Crippen LogP) is 1.95. The molecule has 0 aliphatic carbocycles. The maximum Gasteiger partial charge on any atom is 0.253 e. The van der Waals surface area contributed by atoms with Crippen LogP contribution in [0.3, 0.4) is 0 Å². The number of benzene rings is 1. The van der Waals surface area contributed by atoms with Gasteiger partial charge in [-0.25, -0.2) is 0 Å². The molecule has 1 amide bonds. The third-order valence-electron chi connectivity index (χ3n) is 2.83. The van der Waals surface area contributed by atoms with E-state index < -0.39 is 0 Å². The van der Waals surface area contributed by atoms with Crippen LogP contribution in [0.5, 0.6) is 0 Å². The molecule has 0 spiro atoms. The number of hydrogen-bond donors (Lipinski definition) is 2. The molecule has 0 aliphatic heterocycles. The van der Waals surface area contributed by atoms with Crippen LogP contribution < -0.4 is 11.1 Å². The van der Waals surface area contributed by atoms with Gasteiger partial charge in [-0.05, 0) is 24.1 Å². The number of nitrogens with one attached hydrogen (secondary N) is 1. The lowest BCUT2D eigenvalue weighted by Crippen LogP contribution is -2.23. The molecular formula is C15H15N3OS. The second-order valence-corrected chi connectivity index (χ2v) is 4.93. The van der Waals surface area contributed by atoms with E-state index >= 15 is 0 Å². The van der Waals surface area contributed by atoms with Gasteiger partial charge in [0.1, 0.15) is 4.99 Å². The van der Waals surface area contributed by atoms with Crippen LogP contribution in [-0.2, 0) is 6.54 Å². The Kier molecular flexibility index (Phi) is 4.42. The zero-order chi connectivity index (χ0) is 14.5. The number of nitrogens with zero attached hydrogens (tertiary/aromatic N) is 1. The van der Waals surface area contributed by atoms with Crippen molar-refractivity contribution in [2.24, 2.45) is 5.73 Å². The maximum absolute atomic E-state index is 12.0. The van der Waals surface area contributed by atoms with Gasteiger partial charge in [0, 0.05) is 24.5 Å². The fraction of sp³-hybridized carbons (Fsp3) is 0.133. The van der Waals surface area contributed by atoms with Gasteiger partial charge in [-0.3, -0.25) is 9.78 Å². The molecule has 4 nitrogen and oxygen atoms in total. The Bertz CT molecular complexity index is 638. The van der Waals surface area contributed by atoms with E-state index in [0.29, 0.717) is 17.1 Å². The average molecular weight is 285 g/mol. The number of aryl methyl sites for hydroxylation is 1. The largest absolute Gasteiger partial charge is 0.389 e. The van der Waals surface area contributed by atoms with Crippen molar-refractivity contribution < 1.29 is 4.79 Å². The van der Waals surface area contributed by atoms with E-state index in [1.54, 1.807) is 18.5 Å². The average Bonchev–Trinajstić information content (AvgIpc) is 2.45. The third kappa shape index (κ3) is 3.61. The van der Waals surface area contributed by atoms with Crippen LogP contribution in [0, 0.1) is 6.92 Å². The Hall–Kier alpha value is -2.27. The summed E-state index contributed by atoms with van der Waals surface area (Å²) in [4.78, 5) is 16.3. The molecule has 0 aliphatic rings. The first-order valence-corrected chi connectivity index (χ1v) is 6.55. The lowest BCUT2D eigenvalue weighted by Gasteiger charge is -2.06. The summed E-state index contributed by atoms with van der Waals surface area (Å²) >= 11 is 4.89. The van der Waals surface area contributed by atoms with Gasteiger partial charge < -0.3 is 11.1 Å². The van der Waals surface area contributed by atoms with Crippen LogP contribution >= 0.6 is 12.2 Å². The van der Waals surface area contributed by atoms with Crippen molar-refractivity contribution in [1.29, 1.82) is 0 Å². The fourth-order valence-electron chi connectivity index (χ4n) is 1.75. The Labute approximate surface area is 123 Å². The highest BCUT2D eigenvalue weighted by molar-refractivity contribution is 7.80. The number of carbonyl (C=O) groups excluding carboxylic acids is 1. The minimum absolute atomic E-state index is 0.139. The molecule has 1 aromatic heterocycles. The second-order valence-electron chi connectivity index (χ2n) is 4.49. The van der Waals surface area contributed by atoms with Crippen molar-refractivity contribution in [2.45, 2.75) is 13.5 Å². The van der Waals surface area contributed by atoms with Crippen molar-refractivity contribution in [1.82, 2.24) is 10.3 Å². The van der Waals surface area contributed by atoms with E-state index in [0.717, 1.165) is 16.7 Å². The standard InChI is InChI=1S/C15H15N3OS/c1-10-6-13(9-17-7-10)15(19)18-8-11-2-4-12(5-3-11)14(16)20/h2-7,9H,8H2,1H3,(H2,16,20)(H,18,19). The molecule has 2 rings (SSSR count). The van der Waals surface area contributed by atoms with Crippen LogP contribution in [0.15, 0.2) is 42.7 Å². The molecule has 0 unspecified atom stereocenters. The Morgan fingerprint density at radius 3 is 2.55 bits per heavy atom. The lowest BCUT2D eigenvalue weighted by atomic mass is 10.1. The van der Waals surface area contributed by atoms with Gasteiger partial charge in [-0.15, -0.1) is 0 Å². The smallest absolute Gasteiger partial charge is 0.253 e. The summed E-state index contributed by atoms with van der Waals surface area (Å²) in [5, 5.41) is 2.85. The number of hydrogen-bond acceptors (Lipinski definition) is 3. The van der Waals surface area contributed by atoms with Gasteiger partial charge in [0.05, 0.1) is 5.56 Å². The van der Waals surface area contributed by atoms with E-state index in [1.807, 2.05) is 31.2 Å². The van der Waals surface area contributed by atoms with Gasteiger partial charge in [-0.1, -0.05) is 36.5 Å². The van der Waals surface area contributed by atoms with Gasteiger partial charge in [0.15, 0.2) is 0 Å². The predicted molar refractivity (Wildman–Crippen MR) is 82.5 cm³/mol. The van der Waals surface area contributed by atoms with Crippen molar-refractivity contribution in [3.05, 3.63) is 65.0 Å². The maximum atomic E-state index is 12.0. The molecule has 0 radical (unpaired) electrons. The SMILES string of the molecule is Cc1cncc(C(=O)NCc2ccc(C(N)=S)cc2)c1. The molecule has 102 valence electrons. The van der Waals surface area contributed by atoms with Gasteiger partial charge in [0.2, 0.25) is 0 Å². The van der Waals surface area contributed by atoms with E-state index in [9.17, 15) is 4.79 Å². The first kappa shape index (κ1) is 14.1. The van der Waals surface area contributed by atoms with Gasteiger partial charge in [0.25, 0.3) is 5.91 Å².